The first-order valence-electron chi connectivity index (χ1n) is 6.04. The molecule has 1 unspecified atom stereocenters. The van der Waals surface area contributed by atoms with Crippen LogP contribution in [0, 0.1) is 6.92 Å². The number of hydrogen-bond acceptors (Lipinski definition) is 2. The lowest BCUT2D eigenvalue weighted by atomic mass is 10.1. The number of aryl methyl sites for hydroxylation is 2. The lowest BCUT2D eigenvalue weighted by molar-refractivity contribution is 0.0931. The van der Waals surface area contributed by atoms with Gasteiger partial charge in [0.2, 0.25) is 0 Å². The van der Waals surface area contributed by atoms with Gasteiger partial charge in [0.25, 0.3) is 5.91 Å². The monoisotopic (exact) mass is 277 g/mol. The molecule has 2 rings (SSSR count). The van der Waals surface area contributed by atoms with Crippen molar-refractivity contribution in [3.05, 3.63) is 53.3 Å². The molecule has 0 fully saturated rings. The van der Waals surface area contributed by atoms with Crippen LogP contribution in [0.3, 0.4) is 0 Å². The number of nitrogens with one attached hydrogen (secondary N) is 1. The first-order chi connectivity index (χ1) is 9.11. The molecule has 0 aliphatic rings. The van der Waals surface area contributed by atoms with E-state index < -0.39 is 0 Å². The molecule has 1 aromatic heterocycles. The minimum Gasteiger partial charge on any atom is -0.343 e. The molecular formula is C14H16ClN3O. The molecule has 1 amide bonds. The Morgan fingerprint density at radius 3 is 2.63 bits per heavy atom. The SMILES string of the molecule is Cc1cc(C(=O)NC(CCl)c2ccccc2)n(C)n1. The van der Waals surface area contributed by atoms with E-state index in [0.29, 0.717) is 11.6 Å². The number of aromatic nitrogens is 2. The van der Waals surface area contributed by atoms with Gasteiger partial charge in [-0.1, -0.05) is 30.3 Å². The van der Waals surface area contributed by atoms with Crippen LogP contribution in [0.4, 0.5) is 0 Å². The Kier molecular flexibility index (Phi) is 4.22. The van der Waals surface area contributed by atoms with E-state index in [9.17, 15) is 4.79 Å². The first kappa shape index (κ1) is 13.6. The fourth-order valence-corrected chi connectivity index (χ4v) is 2.21. The highest BCUT2D eigenvalue weighted by molar-refractivity contribution is 6.18. The standard InChI is InChI=1S/C14H16ClN3O/c1-10-8-13(18(2)17-10)14(19)16-12(9-15)11-6-4-3-5-7-11/h3-8,12H,9H2,1-2H3,(H,16,19). The normalized spacial score (nSPS) is 12.2. The van der Waals surface area contributed by atoms with Gasteiger partial charge in [0.1, 0.15) is 5.69 Å². The van der Waals surface area contributed by atoms with Crippen molar-refractivity contribution in [3.8, 4) is 0 Å². The quantitative estimate of drug-likeness (QED) is 0.873. The smallest absolute Gasteiger partial charge is 0.270 e. The number of alkyl halides is 1. The summed E-state index contributed by atoms with van der Waals surface area (Å²) < 4.78 is 1.57. The molecule has 0 saturated carbocycles. The Bertz CT molecular complexity index is 565. The zero-order chi connectivity index (χ0) is 13.8. The zero-order valence-corrected chi connectivity index (χ0v) is 11.7. The van der Waals surface area contributed by atoms with Gasteiger partial charge in [-0.15, -0.1) is 11.6 Å². The van der Waals surface area contributed by atoms with Crippen molar-refractivity contribution in [1.82, 2.24) is 15.1 Å². The van der Waals surface area contributed by atoms with Crippen molar-refractivity contribution in [3.63, 3.8) is 0 Å². The minimum absolute atomic E-state index is 0.169. The van der Waals surface area contributed by atoms with E-state index in [1.807, 2.05) is 37.3 Å². The van der Waals surface area contributed by atoms with Gasteiger partial charge in [-0.25, -0.2) is 0 Å². The molecular weight excluding hydrogens is 262 g/mol. The van der Waals surface area contributed by atoms with Gasteiger partial charge in [-0.05, 0) is 18.6 Å². The molecule has 0 aliphatic heterocycles. The molecule has 19 heavy (non-hydrogen) atoms. The molecule has 1 aromatic carbocycles. The summed E-state index contributed by atoms with van der Waals surface area (Å²) in [5, 5.41) is 7.08. The highest BCUT2D eigenvalue weighted by Gasteiger charge is 2.17. The molecule has 0 saturated heterocycles. The van der Waals surface area contributed by atoms with E-state index in [1.165, 1.54) is 0 Å². The van der Waals surface area contributed by atoms with Crippen LogP contribution in [-0.4, -0.2) is 21.6 Å². The fourth-order valence-electron chi connectivity index (χ4n) is 1.95. The van der Waals surface area contributed by atoms with Gasteiger partial charge in [-0.2, -0.15) is 5.10 Å². The summed E-state index contributed by atoms with van der Waals surface area (Å²) in [5.41, 5.74) is 2.34. The van der Waals surface area contributed by atoms with Gasteiger partial charge in [0.15, 0.2) is 0 Å². The first-order valence-corrected chi connectivity index (χ1v) is 6.57. The van der Waals surface area contributed by atoms with E-state index in [4.69, 9.17) is 11.6 Å². The van der Waals surface area contributed by atoms with Crippen LogP contribution in [0.25, 0.3) is 0 Å². The molecule has 0 spiro atoms. The van der Waals surface area contributed by atoms with Crippen LogP contribution in [0.15, 0.2) is 36.4 Å². The van der Waals surface area contributed by atoms with Gasteiger partial charge < -0.3 is 5.32 Å². The molecule has 1 atom stereocenters. The third kappa shape index (κ3) is 3.15. The van der Waals surface area contributed by atoms with Crippen LogP contribution in [-0.2, 0) is 7.05 Å². The summed E-state index contributed by atoms with van der Waals surface area (Å²) >= 11 is 5.94. The maximum atomic E-state index is 12.2. The van der Waals surface area contributed by atoms with Crippen LogP contribution in [0.1, 0.15) is 27.8 Å². The number of amides is 1. The van der Waals surface area contributed by atoms with Crippen molar-refractivity contribution < 1.29 is 4.79 Å². The van der Waals surface area contributed by atoms with Gasteiger partial charge >= 0.3 is 0 Å². The minimum atomic E-state index is -0.203. The van der Waals surface area contributed by atoms with Crippen LogP contribution >= 0.6 is 11.6 Å². The number of carbonyl (C=O) groups excluding carboxylic acids is 1. The predicted molar refractivity (Wildman–Crippen MR) is 75.3 cm³/mol. The van der Waals surface area contributed by atoms with Crippen molar-refractivity contribution in [2.75, 3.05) is 5.88 Å². The molecule has 4 nitrogen and oxygen atoms in total. The molecule has 0 radical (unpaired) electrons. The van der Waals surface area contributed by atoms with E-state index in [1.54, 1.807) is 17.8 Å². The average Bonchev–Trinajstić information content (AvgIpc) is 2.76. The number of nitrogens with zero attached hydrogens (tertiary/aromatic N) is 2. The van der Waals surface area contributed by atoms with E-state index in [-0.39, 0.29) is 11.9 Å². The highest BCUT2D eigenvalue weighted by Crippen LogP contribution is 2.15. The molecule has 0 bridgehead atoms. The molecule has 2 aromatic rings. The second-order valence-corrected chi connectivity index (χ2v) is 4.69. The Balaban J connectivity index is 2.15. The van der Waals surface area contributed by atoms with E-state index in [0.717, 1.165) is 11.3 Å². The van der Waals surface area contributed by atoms with Gasteiger partial charge in [0.05, 0.1) is 11.7 Å². The van der Waals surface area contributed by atoms with Crippen LogP contribution < -0.4 is 5.32 Å². The topological polar surface area (TPSA) is 46.9 Å². The molecule has 0 aliphatic carbocycles. The largest absolute Gasteiger partial charge is 0.343 e. The molecule has 5 heteroatoms. The lowest BCUT2D eigenvalue weighted by Crippen LogP contribution is -2.31. The lowest BCUT2D eigenvalue weighted by Gasteiger charge is -2.16. The molecule has 100 valence electrons. The molecule has 1 heterocycles. The number of benzene rings is 1. The highest BCUT2D eigenvalue weighted by atomic mass is 35.5. The Morgan fingerprint density at radius 2 is 2.11 bits per heavy atom. The fraction of sp³-hybridized carbons (Fsp3) is 0.286. The number of rotatable bonds is 4. The number of halogens is 1. The summed E-state index contributed by atoms with van der Waals surface area (Å²) in [6.45, 7) is 1.85. The number of hydrogen-bond donors (Lipinski definition) is 1. The van der Waals surface area contributed by atoms with Crippen molar-refractivity contribution in [2.45, 2.75) is 13.0 Å². The summed E-state index contributed by atoms with van der Waals surface area (Å²) in [4.78, 5) is 12.2. The van der Waals surface area contributed by atoms with E-state index >= 15 is 0 Å². The Morgan fingerprint density at radius 1 is 1.42 bits per heavy atom. The maximum absolute atomic E-state index is 12.2. The van der Waals surface area contributed by atoms with Crippen molar-refractivity contribution >= 4 is 17.5 Å². The van der Waals surface area contributed by atoms with Crippen molar-refractivity contribution in [2.24, 2.45) is 7.05 Å². The Hall–Kier alpha value is -1.81. The molecule has 1 N–H and O–H groups in total. The third-order valence-electron chi connectivity index (χ3n) is 2.90. The maximum Gasteiger partial charge on any atom is 0.270 e. The summed E-state index contributed by atoms with van der Waals surface area (Å²) in [6, 6.07) is 11.2. The second kappa shape index (κ2) is 5.89. The summed E-state index contributed by atoms with van der Waals surface area (Å²) in [7, 11) is 1.75. The average molecular weight is 278 g/mol. The van der Waals surface area contributed by atoms with Crippen molar-refractivity contribution in [1.29, 1.82) is 0 Å². The Labute approximate surface area is 117 Å². The number of carbonyl (C=O) groups is 1. The third-order valence-corrected chi connectivity index (χ3v) is 3.20. The summed E-state index contributed by atoms with van der Waals surface area (Å²) in [5.74, 6) is 0.157. The van der Waals surface area contributed by atoms with Crippen LogP contribution in [0.2, 0.25) is 0 Å². The zero-order valence-electron chi connectivity index (χ0n) is 10.9. The van der Waals surface area contributed by atoms with E-state index in [2.05, 4.69) is 10.4 Å². The van der Waals surface area contributed by atoms with Crippen LogP contribution in [0.5, 0.6) is 0 Å². The summed E-state index contributed by atoms with van der Waals surface area (Å²) in [6.07, 6.45) is 0. The van der Waals surface area contributed by atoms with Gasteiger partial charge in [-0.3, -0.25) is 9.48 Å². The second-order valence-electron chi connectivity index (χ2n) is 4.39. The van der Waals surface area contributed by atoms with Gasteiger partial charge in [0, 0.05) is 12.9 Å². The predicted octanol–water partition coefficient (Wildman–Crippen LogP) is 2.44.